The third-order valence-electron chi connectivity index (χ3n) is 12.3. The number of hydrogen-bond donors (Lipinski definition) is 0. The zero-order valence-corrected chi connectivity index (χ0v) is 30.9. The summed E-state index contributed by atoms with van der Waals surface area (Å²) in [6.07, 6.45) is 0. The van der Waals surface area contributed by atoms with E-state index in [1.54, 1.807) is 0 Å². The highest BCUT2D eigenvalue weighted by Crippen LogP contribution is 2.55. The number of hydrogen-bond acceptors (Lipinski definition) is 3. The number of furan rings is 1. The largest absolute Gasteiger partial charge is 0.456 e. The number of benzene rings is 9. The zero-order valence-electron chi connectivity index (χ0n) is 30.9. The quantitative estimate of drug-likeness (QED) is 0.181. The van der Waals surface area contributed by atoms with Crippen LogP contribution in [0.2, 0.25) is 0 Å². The molecule has 11 aromatic rings. The number of nitrogens with zero attached hydrogens (tertiary/aromatic N) is 2. The summed E-state index contributed by atoms with van der Waals surface area (Å²) in [6.45, 7) is 0. The van der Waals surface area contributed by atoms with Gasteiger partial charge in [0.1, 0.15) is 17.0 Å². The topological polar surface area (TPSA) is 38.9 Å². The van der Waals surface area contributed by atoms with E-state index in [0.29, 0.717) is 0 Å². The Morgan fingerprint density at radius 2 is 0.982 bits per heavy atom. The molecule has 0 amide bonds. The van der Waals surface area contributed by atoms with Crippen LogP contribution in [0.5, 0.6) is 0 Å². The number of fused-ring (bicyclic) bond motifs is 10. The molecule has 0 fully saturated rings. The highest BCUT2D eigenvalue weighted by molar-refractivity contribution is 6.26. The smallest absolute Gasteiger partial charge is 0.141 e. The van der Waals surface area contributed by atoms with Crippen LogP contribution in [0, 0.1) is 0 Å². The van der Waals surface area contributed by atoms with Crippen LogP contribution >= 0.6 is 0 Å². The SMILES string of the molecule is c1ccc(C2(c3ccccc3)c3ccccc3C(c3nc(-c4ccc5ccccc5c4)c4ccc5oc6ccc7ccccc7c6c5c4n3)c3ccccc32)cc1. The summed E-state index contributed by atoms with van der Waals surface area (Å²) in [5.41, 5.74) is 11.3. The van der Waals surface area contributed by atoms with Crippen LogP contribution in [0.4, 0.5) is 0 Å². The first-order chi connectivity index (χ1) is 28.3. The molecule has 266 valence electrons. The molecule has 0 saturated heterocycles. The van der Waals surface area contributed by atoms with Crippen molar-refractivity contribution in [1.29, 1.82) is 0 Å². The molecule has 0 spiro atoms. The Hall–Kier alpha value is -7.36. The summed E-state index contributed by atoms with van der Waals surface area (Å²) >= 11 is 0. The second kappa shape index (κ2) is 12.3. The van der Waals surface area contributed by atoms with Crippen molar-refractivity contribution in [3.8, 4) is 11.3 Å². The lowest BCUT2D eigenvalue weighted by Crippen LogP contribution is -2.37. The van der Waals surface area contributed by atoms with E-state index in [0.717, 1.165) is 55.3 Å². The first-order valence-corrected chi connectivity index (χ1v) is 19.6. The van der Waals surface area contributed by atoms with Crippen molar-refractivity contribution < 1.29 is 4.42 Å². The van der Waals surface area contributed by atoms with E-state index in [-0.39, 0.29) is 5.92 Å². The highest BCUT2D eigenvalue weighted by atomic mass is 16.3. The highest BCUT2D eigenvalue weighted by Gasteiger charge is 2.47. The Morgan fingerprint density at radius 3 is 1.70 bits per heavy atom. The first-order valence-electron chi connectivity index (χ1n) is 19.6. The van der Waals surface area contributed by atoms with Gasteiger partial charge in [0.2, 0.25) is 0 Å². The normalized spacial score (nSPS) is 13.7. The summed E-state index contributed by atoms with van der Waals surface area (Å²) < 4.78 is 6.63. The Morgan fingerprint density at radius 1 is 0.421 bits per heavy atom. The van der Waals surface area contributed by atoms with Gasteiger partial charge in [-0.3, -0.25) is 0 Å². The molecule has 57 heavy (non-hydrogen) atoms. The molecular weight excluding hydrogens is 693 g/mol. The fraction of sp³-hybridized carbons (Fsp3) is 0.0370. The van der Waals surface area contributed by atoms with Crippen molar-refractivity contribution in [3.05, 3.63) is 239 Å². The summed E-state index contributed by atoms with van der Waals surface area (Å²) in [7, 11) is 0. The van der Waals surface area contributed by atoms with Crippen molar-refractivity contribution >= 4 is 54.4 Å². The monoisotopic (exact) mass is 726 g/mol. The van der Waals surface area contributed by atoms with Gasteiger partial charge in [0.05, 0.1) is 27.9 Å². The van der Waals surface area contributed by atoms with Gasteiger partial charge >= 0.3 is 0 Å². The third kappa shape index (κ3) is 4.60. The molecule has 1 aliphatic rings. The van der Waals surface area contributed by atoms with E-state index in [9.17, 15) is 0 Å². The van der Waals surface area contributed by atoms with Gasteiger partial charge in [-0.15, -0.1) is 0 Å². The van der Waals surface area contributed by atoms with Gasteiger partial charge in [-0.25, -0.2) is 9.97 Å². The maximum Gasteiger partial charge on any atom is 0.141 e. The lowest BCUT2D eigenvalue weighted by molar-refractivity contribution is 0.668. The summed E-state index contributed by atoms with van der Waals surface area (Å²) in [5, 5.41) is 7.79. The van der Waals surface area contributed by atoms with Crippen LogP contribution in [-0.2, 0) is 5.41 Å². The average Bonchev–Trinajstić information content (AvgIpc) is 3.68. The molecule has 0 atom stereocenters. The Labute approximate surface area is 329 Å². The van der Waals surface area contributed by atoms with E-state index >= 15 is 0 Å². The van der Waals surface area contributed by atoms with Gasteiger partial charge in [0, 0.05) is 16.3 Å². The molecule has 0 saturated carbocycles. The third-order valence-corrected chi connectivity index (χ3v) is 12.3. The Bertz CT molecular complexity index is 3280. The van der Waals surface area contributed by atoms with E-state index in [1.165, 1.54) is 49.5 Å². The van der Waals surface area contributed by atoms with Crippen molar-refractivity contribution in [3.63, 3.8) is 0 Å². The molecule has 2 aromatic heterocycles. The van der Waals surface area contributed by atoms with E-state index in [2.05, 4.69) is 200 Å². The molecule has 3 nitrogen and oxygen atoms in total. The van der Waals surface area contributed by atoms with E-state index in [1.807, 2.05) is 0 Å². The van der Waals surface area contributed by atoms with Crippen molar-refractivity contribution in [2.75, 3.05) is 0 Å². The minimum atomic E-state index is -0.558. The summed E-state index contributed by atoms with van der Waals surface area (Å²) in [5.74, 6) is 0.522. The van der Waals surface area contributed by atoms with Gasteiger partial charge in [-0.1, -0.05) is 176 Å². The number of aromatic nitrogens is 2. The molecule has 0 unspecified atom stereocenters. The van der Waals surface area contributed by atoms with Crippen molar-refractivity contribution in [1.82, 2.24) is 9.97 Å². The molecule has 12 rings (SSSR count). The molecule has 0 bridgehead atoms. The van der Waals surface area contributed by atoms with Crippen LogP contribution in [0.15, 0.2) is 205 Å². The summed E-state index contributed by atoms with van der Waals surface area (Å²) in [4.78, 5) is 11.4. The van der Waals surface area contributed by atoms with Crippen molar-refractivity contribution in [2.24, 2.45) is 0 Å². The average molecular weight is 727 g/mol. The van der Waals surface area contributed by atoms with Gasteiger partial charge in [0.25, 0.3) is 0 Å². The standard InChI is InChI=1S/C54H34N2O/c1-3-18-38(19-4-1)54(39-20-5-2-6-21-39)44-25-13-11-23-41(44)48(42-24-12-14-26-45(42)54)53-55-51(37-28-27-34-15-7-8-17-36(34)33-37)43-30-32-47-50(52(43)56-53)49-40-22-10-9-16-35(40)29-31-46(49)57-47/h1-33,48H. The summed E-state index contributed by atoms with van der Waals surface area (Å²) in [6, 6.07) is 72.1. The van der Waals surface area contributed by atoms with E-state index in [4.69, 9.17) is 14.4 Å². The minimum absolute atomic E-state index is 0.244. The first kappa shape index (κ1) is 31.9. The van der Waals surface area contributed by atoms with Crippen LogP contribution in [0.25, 0.3) is 65.6 Å². The second-order valence-corrected chi connectivity index (χ2v) is 15.2. The van der Waals surface area contributed by atoms with E-state index < -0.39 is 5.41 Å². The van der Waals surface area contributed by atoms with Gasteiger partial charge in [-0.2, -0.15) is 0 Å². The predicted molar refractivity (Wildman–Crippen MR) is 233 cm³/mol. The molecular formula is C54H34N2O. The maximum atomic E-state index is 6.63. The fourth-order valence-corrected chi connectivity index (χ4v) is 9.86. The lowest BCUT2D eigenvalue weighted by Gasteiger charge is -2.44. The predicted octanol–water partition coefficient (Wildman–Crippen LogP) is 13.4. The molecule has 0 radical (unpaired) electrons. The lowest BCUT2D eigenvalue weighted by atomic mass is 9.57. The van der Waals surface area contributed by atoms with Crippen LogP contribution in [0.3, 0.4) is 0 Å². The van der Waals surface area contributed by atoms with Crippen molar-refractivity contribution in [2.45, 2.75) is 11.3 Å². The second-order valence-electron chi connectivity index (χ2n) is 15.2. The Kier molecular flexibility index (Phi) is 6.91. The van der Waals surface area contributed by atoms with Crippen LogP contribution < -0.4 is 0 Å². The molecule has 1 aliphatic carbocycles. The number of rotatable bonds is 4. The Balaban J connectivity index is 1.22. The minimum Gasteiger partial charge on any atom is -0.456 e. The van der Waals surface area contributed by atoms with Gasteiger partial charge < -0.3 is 4.42 Å². The molecule has 9 aromatic carbocycles. The molecule has 3 heteroatoms. The van der Waals surface area contributed by atoms with Crippen LogP contribution in [0.1, 0.15) is 45.1 Å². The molecule has 0 N–H and O–H groups in total. The van der Waals surface area contributed by atoms with Gasteiger partial charge in [0.15, 0.2) is 0 Å². The fourth-order valence-electron chi connectivity index (χ4n) is 9.86. The molecule has 0 aliphatic heterocycles. The van der Waals surface area contributed by atoms with Crippen LogP contribution in [-0.4, -0.2) is 9.97 Å². The molecule has 2 heterocycles. The zero-order chi connectivity index (χ0) is 37.5. The maximum absolute atomic E-state index is 6.63. The van der Waals surface area contributed by atoms with Gasteiger partial charge in [-0.05, 0) is 79.2 Å².